The van der Waals surface area contributed by atoms with Crippen LogP contribution in [0, 0.1) is 12.3 Å². The van der Waals surface area contributed by atoms with E-state index < -0.39 is 0 Å². The summed E-state index contributed by atoms with van der Waals surface area (Å²) in [7, 11) is 0. The molecule has 0 unspecified atom stereocenters. The summed E-state index contributed by atoms with van der Waals surface area (Å²) >= 11 is 0. The molecule has 1 aromatic carbocycles. The average molecular weight is 158 g/mol. The van der Waals surface area contributed by atoms with Crippen molar-refractivity contribution in [2.45, 2.75) is 6.10 Å². The molecule has 0 saturated heterocycles. The third kappa shape index (κ3) is 1.90. The molecule has 12 heavy (non-hydrogen) atoms. The maximum absolute atomic E-state index is 5.27. The van der Waals surface area contributed by atoms with Gasteiger partial charge >= 0.3 is 0 Å². The SMILES string of the molecule is C#C[C@H](OC=C)c1ccccc1. The molecule has 0 amide bonds. The quantitative estimate of drug-likeness (QED) is 0.485. The second-order valence-electron chi connectivity index (χ2n) is 2.26. The van der Waals surface area contributed by atoms with Crippen molar-refractivity contribution in [3.63, 3.8) is 0 Å². The van der Waals surface area contributed by atoms with Gasteiger partial charge in [-0.05, 0) is 0 Å². The number of hydrogen-bond donors (Lipinski definition) is 0. The van der Waals surface area contributed by atoms with Crippen molar-refractivity contribution in [1.29, 1.82) is 0 Å². The highest BCUT2D eigenvalue weighted by Crippen LogP contribution is 2.15. The third-order valence-corrected chi connectivity index (χ3v) is 1.49. The van der Waals surface area contributed by atoms with Crippen LogP contribution in [0.15, 0.2) is 43.2 Å². The Bertz CT molecular complexity index is 282. The second kappa shape index (κ2) is 4.25. The van der Waals surface area contributed by atoms with Gasteiger partial charge in [0, 0.05) is 5.56 Å². The summed E-state index contributed by atoms with van der Waals surface area (Å²) in [5.74, 6) is 2.53. The van der Waals surface area contributed by atoms with Crippen molar-refractivity contribution < 1.29 is 4.74 Å². The van der Waals surface area contributed by atoms with Crippen molar-refractivity contribution in [3.05, 3.63) is 48.7 Å². The fourth-order valence-electron chi connectivity index (χ4n) is 0.938. The zero-order valence-corrected chi connectivity index (χ0v) is 6.73. The van der Waals surface area contributed by atoms with Crippen LogP contribution >= 0.6 is 0 Å². The van der Waals surface area contributed by atoms with Gasteiger partial charge in [0.25, 0.3) is 0 Å². The van der Waals surface area contributed by atoms with E-state index in [-0.39, 0.29) is 6.10 Å². The van der Waals surface area contributed by atoms with Gasteiger partial charge in [0.05, 0.1) is 6.26 Å². The van der Waals surface area contributed by atoms with Crippen LogP contribution < -0.4 is 0 Å². The molecular weight excluding hydrogens is 148 g/mol. The number of benzene rings is 1. The maximum atomic E-state index is 5.27. The van der Waals surface area contributed by atoms with Gasteiger partial charge in [-0.2, -0.15) is 0 Å². The zero-order chi connectivity index (χ0) is 8.81. The highest BCUT2D eigenvalue weighted by atomic mass is 16.5. The molecule has 1 aromatic rings. The molecule has 0 aliphatic heterocycles. The first-order valence-electron chi connectivity index (χ1n) is 3.66. The van der Waals surface area contributed by atoms with Crippen molar-refractivity contribution in [3.8, 4) is 12.3 Å². The lowest BCUT2D eigenvalue weighted by atomic mass is 10.1. The summed E-state index contributed by atoms with van der Waals surface area (Å²) in [4.78, 5) is 0. The molecule has 0 aliphatic carbocycles. The van der Waals surface area contributed by atoms with Crippen molar-refractivity contribution >= 4 is 0 Å². The summed E-state index contributed by atoms with van der Waals surface area (Å²) in [6.45, 7) is 3.46. The fraction of sp³-hybridized carbons (Fsp3) is 0.0909. The van der Waals surface area contributed by atoms with Crippen molar-refractivity contribution in [2.24, 2.45) is 0 Å². The van der Waals surface area contributed by atoms with E-state index in [4.69, 9.17) is 11.2 Å². The topological polar surface area (TPSA) is 9.23 Å². The van der Waals surface area contributed by atoms with E-state index >= 15 is 0 Å². The number of ether oxygens (including phenoxy) is 1. The molecule has 0 bridgehead atoms. The molecular formula is C11H10O. The van der Waals surface area contributed by atoms with E-state index in [0.717, 1.165) is 5.56 Å². The summed E-state index contributed by atoms with van der Waals surface area (Å²) in [5.41, 5.74) is 0.972. The summed E-state index contributed by atoms with van der Waals surface area (Å²) < 4.78 is 5.10. The van der Waals surface area contributed by atoms with E-state index in [2.05, 4.69) is 12.5 Å². The van der Waals surface area contributed by atoms with Crippen LogP contribution in [0.2, 0.25) is 0 Å². The molecule has 0 radical (unpaired) electrons. The predicted octanol–water partition coefficient (Wildman–Crippen LogP) is 2.52. The fourth-order valence-corrected chi connectivity index (χ4v) is 0.938. The van der Waals surface area contributed by atoms with Crippen LogP contribution in [0.3, 0.4) is 0 Å². The first-order chi connectivity index (χ1) is 5.88. The van der Waals surface area contributed by atoms with Gasteiger partial charge in [-0.15, -0.1) is 6.42 Å². The van der Waals surface area contributed by atoms with E-state index in [0.29, 0.717) is 0 Å². The van der Waals surface area contributed by atoms with Gasteiger partial charge in [-0.1, -0.05) is 42.8 Å². The predicted molar refractivity (Wildman–Crippen MR) is 49.3 cm³/mol. The van der Waals surface area contributed by atoms with Gasteiger partial charge < -0.3 is 4.74 Å². The van der Waals surface area contributed by atoms with Crippen LogP contribution in [-0.2, 0) is 4.74 Å². The molecule has 1 atom stereocenters. The normalized spacial score (nSPS) is 11.2. The van der Waals surface area contributed by atoms with Gasteiger partial charge in [-0.25, -0.2) is 0 Å². The molecule has 0 aliphatic rings. The average Bonchev–Trinajstić information content (AvgIpc) is 2.15. The molecule has 1 heteroatoms. The van der Waals surface area contributed by atoms with Crippen LogP contribution in [0.5, 0.6) is 0 Å². The Kier molecular flexibility index (Phi) is 2.98. The first-order valence-corrected chi connectivity index (χ1v) is 3.66. The Labute approximate surface area is 72.7 Å². The van der Waals surface area contributed by atoms with E-state index in [1.165, 1.54) is 6.26 Å². The third-order valence-electron chi connectivity index (χ3n) is 1.49. The highest BCUT2D eigenvalue weighted by Gasteiger charge is 2.04. The van der Waals surface area contributed by atoms with E-state index in [1.807, 2.05) is 30.3 Å². The Morgan fingerprint density at radius 3 is 2.58 bits per heavy atom. The Balaban J connectivity index is 2.82. The van der Waals surface area contributed by atoms with Crippen LogP contribution in [0.1, 0.15) is 11.7 Å². The number of hydrogen-bond acceptors (Lipinski definition) is 1. The smallest absolute Gasteiger partial charge is 0.183 e. The standard InChI is InChI=1S/C11H10O/c1-3-11(12-4-2)10-8-6-5-7-9-10/h1,4-9,11H,2H2/t11-/m0/s1. The van der Waals surface area contributed by atoms with Gasteiger partial charge in [0.1, 0.15) is 0 Å². The lowest BCUT2D eigenvalue weighted by Gasteiger charge is -2.09. The molecule has 0 fully saturated rings. The Morgan fingerprint density at radius 2 is 2.08 bits per heavy atom. The molecule has 0 spiro atoms. The molecule has 0 aromatic heterocycles. The van der Waals surface area contributed by atoms with Crippen LogP contribution in [-0.4, -0.2) is 0 Å². The lowest BCUT2D eigenvalue weighted by Crippen LogP contribution is -1.95. The first kappa shape index (κ1) is 8.42. The second-order valence-corrected chi connectivity index (χ2v) is 2.26. The van der Waals surface area contributed by atoms with Crippen molar-refractivity contribution in [2.75, 3.05) is 0 Å². The van der Waals surface area contributed by atoms with Gasteiger partial charge in [0.15, 0.2) is 6.10 Å². The molecule has 0 saturated carbocycles. The van der Waals surface area contributed by atoms with Crippen LogP contribution in [0.4, 0.5) is 0 Å². The summed E-state index contributed by atoms with van der Waals surface area (Å²) in [6.07, 6.45) is 6.31. The van der Waals surface area contributed by atoms with Gasteiger partial charge in [-0.3, -0.25) is 0 Å². The summed E-state index contributed by atoms with van der Waals surface area (Å²) in [5, 5.41) is 0. The molecule has 1 rings (SSSR count). The monoisotopic (exact) mass is 158 g/mol. The molecule has 0 heterocycles. The Morgan fingerprint density at radius 1 is 1.42 bits per heavy atom. The number of rotatable bonds is 3. The van der Waals surface area contributed by atoms with Gasteiger partial charge in [0.2, 0.25) is 0 Å². The largest absolute Gasteiger partial charge is 0.481 e. The molecule has 0 N–H and O–H groups in total. The minimum Gasteiger partial charge on any atom is -0.481 e. The molecule has 60 valence electrons. The maximum Gasteiger partial charge on any atom is 0.183 e. The Hall–Kier alpha value is -1.68. The molecule has 1 nitrogen and oxygen atoms in total. The highest BCUT2D eigenvalue weighted by molar-refractivity contribution is 5.23. The lowest BCUT2D eigenvalue weighted by molar-refractivity contribution is 0.200. The van der Waals surface area contributed by atoms with Crippen molar-refractivity contribution in [1.82, 2.24) is 0 Å². The minimum absolute atomic E-state index is 0.316. The van der Waals surface area contributed by atoms with E-state index in [1.54, 1.807) is 0 Å². The minimum atomic E-state index is -0.316. The number of terminal acetylenes is 1. The zero-order valence-electron chi connectivity index (χ0n) is 6.73. The summed E-state index contributed by atoms with van der Waals surface area (Å²) in [6, 6.07) is 9.63. The van der Waals surface area contributed by atoms with Crippen LogP contribution in [0.25, 0.3) is 0 Å². The van der Waals surface area contributed by atoms with E-state index in [9.17, 15) is 0 Å².